The highest BCUT2D eigenvalue weighted by Crippen LogP contribution is 2.30. The van der Waals surface area contributed by atoms with Crippen molar-refractivity contribution < 1.29 is 28.1 Å². The van der Waals surface area contributed by atoms with Gasteiger partial charge in [0.05, 0.1) is 32.0 Å². The summed E-state index contributed by atoms with van der Waals surface area (Å²) in [6.45, 7) is 16.2. The van der Waals surface area contributed by atoms with Gasteiger partial charge in [-0.15, -0.1) is 0 Å². The minimum Gasteiger partial charge on any atom is -0.420 e. The van der Waals surface area contributed by atoms with Crippen LogP contribution in [0.15, 0.2) is 0 Å². The average Bonchev–Trinajstić information content (AvgIpc) is 3.75. The fourth-order valence-corrected chi connectivity index (χ4v) is 5.27. The Hall–Kier alpha value is -0.0231. The lowest BCUT2D eigenvalue weighted by molar-refractivity contribution is -0.0373. The predicted molar refractivity (Wildman–Crippen MR) is 147 cm³/mol. The molecular weight excluding hydrogens is 460 g/mol. The maximum Gasteiger partial charge on any atom is 0.186 e. The van der Waals surface area contributed by atoms with Crippen molar-refractivity contribution in [1.82, 2.24) is 0 Å². The van der Waals surface area contributed by atoms with Crippen LogP contribution in [0.25, 0.3) is 0 Å². The molecule has 2 rings (SSSR count). The van der Waals surface area contributed by atoms with Crippen LogP contribution in [0.2, 0.25) is 19.1 Å². The largest absolute Gasteiger partial charge is 0.420 e. The van der Waals surface area contributed by atoms with Crippen LogP contribution in [0.1, 0.15) is 85.0 Å². The second kappa shape index (κ2) is 19.1. The Kier molecular flexibility index (Phi) is 18.0. The molecule has 0 spiro atoms. The Morgan fingerprint density at radius 1 is 0.800 bits per heavy atom. The summed E-state index contributed by atoms with van der Waals surface area (Å²) >= 11 is 0. The van der Waals surface area contributed by atoms with E-state index in [0.29, 0.717) is 18.1 Å². The summed E-state index contributed by atoms with van der Waals surface area (Å²) in [6, 6.07) is 1.18. The van der Waals surface area contributed by atoms with Crippen LogP contribution in [0, 0.1) is 5.92 Å². The Balaban J connectivity index is 0.000000400. The quantitative estimate of drug-likeness (QED) is 0.0912. The van der Waals surface area contributed by atoms with Gasteiger partial charge in [0.2, 0.25) is 0 Å². The summed E-state index contributed by atoms with van der Waals surface area (Å²) in [5, 5.41) is 0. The number of methoxy groups -OCH3 is 1. The van der Waals surface area contributed by atoms with E-state index >= 15 is 0 Å². The highest BCUT2D eigenvalue weighted by molar-refractivity contribution is 6.71. The Morgan fingerprint density at radius 3 is 1.83 bits per heavy atom. The van der Waals surface area contributed by atoms with Gasteiger partial charge in [0.25, 0.3) is 0 Å². The van der Waals surface area contributed by atoms with Crippen LogP contribution < -0.4 is 0 Å². The SMILES string of the molecule is CCCCCCCCC(CCCOCC1CO1)C(C)(C)OC.CO[Si](C)(C)CCCOCC1CO1. The molecule has 6 nitrogen and oxygen atoms in total. The molecule has 2 aliphatic heterocycles. The highest BCUT2D eigenvalue weighted by atomic mass is 28.4. The number of unbranched alkanes of at least 4 members (excludes halogenated alkanes) is 5. The van der Waals surface area contributed by atoms with Crippen molar-refractivity contribution in [3.8, 4) is 0 Å². The first kappa shape index (κ1) is 33.0. The van der Waals surface area contributed by atoms with E-state index in [0.717, 1.165) is 52.5 Å². The number of ether oxygens (including phenoxy) is 5. The van der Waals surface area contributed by atoms with E-state index in [4.69, 9.17) is 28.1 Å². The molecule has 7 heteroatoms. The molecule has 2 aliphatic rings. The van der Waals surface area contributed by atoms with E-state index in [9.17, 15) is 0 Å². The van der Waals surface area contributed by atoms with Gasteiger partial charge in [-0.1, -0.05) is 45.4 Å². The molecule has 35 heavy (non-hydrogen) atoms. The minimum absolute atomic E-state index is 0.0248. The van der Waals surface area contributed by atoms with Crippen LogP contribution in [0.4, 0.5) is 0 Å². The van der Waals surface area contributed by atoms with Crippen molar-refractivity contribution in [2.75, 3.05) is 53.9 Å². The zero-order chi connectivity index (χ0) is 26.0. The smallest absolute Gasteiger partial charge is 0.186 e. The molecule has 0 saturated carbocycles. The van der Waals surface area contributed by atoms with E-state index in [1.807, 2.05) is 14.2 Å². The molecule has 2 heterocycles. The molecule has 0 bridgehead atoms. The Morgan fingerprint density at radius 2 is 1.31 bits per heavy atom. The van der Waals surface area contributed by atoms with Crippen LogP contribution >= 0.6 is 0 Å². The zero-order valence-electron chi connectivity index (χ0n) is 24.2. The summed E-state index contributed by atoms with van der Waals surface area (Å²) in [4.78, 5) is 0. The van der Waals surface area contributed by atoms with Crippen molar-refractivity contribution in [2.24, 2.45) is 5.92 Å². The lowest BCUT2D eigenvalue weighted by Crippen LogP contribution is -2.33. The fraction of sp³-hybridized carbons (Fsp3) is 1.00. The van der Waals surface area contributed by atoms with Gasteiger partial charge in [0.15, 0.2) is 8.32 Å². The van der Waals surface area contributed by atoms with Gasteiger partial charge >= 0.3 is 0 Å². The minimum atomic E-state index is -1.35. The average molecular weight is 519 g/mol. The van der Waals surface area contributed by atoms with Gasteiger partial charge in [-0.25, -0.2) is 0 Å². The normalized spacial score (nSPS) is 20.3. The molecule has 0 N–H and O–H groups in total. The summed E-state index contributed by atoms with van der Waals surface area (Å²) in [5.74, 6) is 0.629. The molecule has 0 radical (unpaired) electrons. The van der Waals surface area contributed by atoms with Crippen molar-refractivity contribution in [2.45, 2.75) is 122 Å². The van der Waals surface area contributed by atoms with Crippen LogP contribution in [-0.2, 0) is 28.1 Å². The zero-order valence-corrected chi connectivity index (χ0v) is 25.2. The maximum atomic E-state index is 5.74. The van der Waals surface area contributed by atoms with Gasteiger partial charge in [0.1, 0.15) is 12.2 Å². The van der Waals surface area contributed by atoms with Crippen molar-refractivity contribution in [3.05, 3.63) is 0 Å². The summed E-state index contributed by atoms with van der Waals surface area (Å²) in [7, 11) is 2.30. The van der Waals surface area contributed by atoms with Gasteiger partial charge in [-0.3, -0.25) is 0 Å². The lowest BCUT2D eigenvalue weighted by Gasteiger charge is -2.33. The standard InChI is InChI=1S/C19H38O3.C9H20O3Si/c1-5-6-7-8-9-10-12-17(19(2,3)20-4)13-11-14-21-15-18-16-22-18;1-10-13(2,3)6-4-5-11-7-9-8-12-9/h17-18H,5-16H2,1-4H3;9H,4-8H2,1-3H3. The van der Waals surface area contributed by atoms with E-state index in [1.54, 1.807) is 0 Å². The number of rotatable bonds is 22. The summed E-state index contributed by atoms with van der Waals surface area (Å²) in [5.41, 5.74) is -0.0248. The van der Waals surface area contributed by atoms with Gasteiger partial charge in [-0.2, -0.15) is 0 Å². The number of epoxide rings is 2. The van der Waals surface area contributed by atoms with E-state index in [2.05, 4.69) is 33.9 Å². The third kappa shape index (κ3) is 18.8. The molecule has 210 valence electrons. The molecule has 0 aromatic heterocycles. The molecule has 2 fully saturated rings. The van der Waals surface area contributed by atoms with E-state index < -0.39 is 8.32 Å². The maximum absolute atomic E-state index is 5.74. The molecule has 2 saturated heterocycles. The summed E-state index contributed by atoms with van der Waals surface area (Å²) in [6.07, 6.45) is 13.7. The van der Waals surface area contributed by atoms with Crippen LogP contribution in [-0.4, -0.2) is 80.0 Å². The van der Waals surface area contributed by atoms with Crippen molar-refractivity contribution >= 4 is 8.32 Å². The second-order valence-electron chi connectivity index (χ2n) is 11.3. The summed E-state index contributed by atoms with van der Waals surface area (Å²) < 4.78 is 32.5. The molecule has 3 unspecified atom stereocenters. The van der Waals surface area contributed by atoms with E-state index in [-0.39, 0.29) is 5.60 Å². The van der Waals surface area contributed by atoms with Gasteiger partial charge in [-0.05, 0) is 64.6 Å². The molecule has 0 aromatic carbocycles. The first-order chi connectivity index (χ1) is 16.7. The number of hydrogen-bond acceptors (Lipinski definition) is 6. The molecule has 0 aliphatic carbocycles. The first-order valence-electron chi connectivity index (χ1n) is 14.2. The van der Waals surface area contributed by atoms with Gasteiger partial charge in [0, 0.05) is 27.4 Å². The third-order valence-corrected chi connectivity index (χ3v) is 9.95. The highest BCUT2D eigenvalue weighted by Gasteiger charge is 2.28. The fourth-order valence-electron chi connectivity index (χ4n) is 4.07. The monoisotopic (exact) mass is 518 g/mol. The number of hydrogen-bond donors (Lipinski definition) is 0. The lowest BCUT2D eigenvalue weighted by atomic mass is 9.82. The Bertz CT molecular complexity index is 494. The van der Waals surface area contributed by atoms with E-state index in [1.165, 1.54) is 57.4 Å². The molecule has 0 aromatic rings. The molecular formula is C28H58O6Si. The first-order valence-corrected chi connectivity index (χ1v) is 17.3. The second-order valence-corrected chi connectivity index (χ2v) is 15.8. The predicted octanol–water partition coefficient (Wildman–Crippen LogP) is 6.62. The third-order valence-electron chi connectivity index (χ3n) is 7.29. The molecule has 3 atom stereocenters. The van der Waals surface area contributed by atoms with Crippen molar-refractivity contribution in [1.29, 1.82) is 0 Å². The van der Waals surface area contributed by atoms with Crippen LogP contribution in [0.5, 0.6) is 0 Å². The Labute approximate surface area is 218 Å². The van der Waals surface area contributed by atoms with Gasteiger partial charge < -0.3 is 28.1 Å². The van der Waals surface area contributed by atoms with Crippen molar-refractivity contribution in [3.63, 3.8) is 0 Å². The topological polar surface area (TPSA) is 62.0 Å². The molecule has 0 amide bonds. The van der Waals surface area contributed by atoms with Crippen LogP contribution in [0.3, 0.4) is 0 Å².